The topological polar surface area (TPSA) is 47.3 Å². The van der Waals surface area contributed by atoms with E-state index in [1.165, 1.54) is 11.1 Å². The molecule has 2 aromatic rings. The summed E-state index contributed by atoms with van der Waals surface area (Å²) in [6.07, 6.45) is 1.76. The Morgan fingerprint density at radius 3 is 2.65 bits per heavy atom. The van der Waals surface area contributed by atoms with Crippen LogP contribution in [0.15, 0.2) is 48.5 Å². The Morgan fingerprint density at radius 1 is 1.20 bits per heavy atom. The van der Waals surface area contributed by atoms with E-state index < -0.39 is 0 Å². The maximum atomic E-state index is 5.99. The van der Waals surface area contributed by atoms with Gasteiger partial charge in [0.25, 0.3) is 0 Å². The van der Waals surface area contributed by atoms with Gasteiger partial charge >= 0.3 is 0 Å². The van der Waals surface area contributed by atoms with E-state index in [4.69, 9.17) is 22.2 Å². The van der Waals surface area contributed by atoms with E-state index in [1.54, 1.807) is 0 Å². The Balaban J connectivity index is 1.71. The van der Waals surface area contributed by atoms with Gasteiger partial charge in [-0.25, -0.2) is 0 Å². The van der Waals surface area contributed by atoms with Crippen molar-refractivity contribution in [3.05, 3.63) is 64.7 Å². The molecule has 3 rings (SSSR count). The number of fused-ring (bicyclic) bond motifs is 1. The Hall–Kier alpha value is -1.55. The van der Waals surface area contributed by atoms with Gasteiger partial charge in [0.05, 0.1) is 6.04 Å². The molecule has 0 saturated carbocycles. The average Bonchev–Trinajstić information content (AvgIpc) is 2.90. The molecular weight excluding hydrogens is 272 g/mol. The number of hydrazine groups is 1. The van der Waals surface area contributed by atoms with Crippen LogP contribution in [0.4, 0.5) is 0 Å². The molecule has 0 aromatic heterocycles. The molecule has 0 saturated heterocycles. The second-order valence-electron chi connectivity index (χ2n) is 5.07. The maximum absolute atomic E-state index is 5.99. The van der Waals surface area contributed by atoms with E-state index in [1.807, 2.05) is 42.5 Å². The van der Waals surface area contributed by atoms with Gasteiger partial charge < -0.3 is 4.74 Å². The van der Waals surface area contributed by atoms with E-state index in [0.717, 1.165) is 23.6 Å². The first-order chi connectivity index (χ1) is 9.76. The van der Waals surface area contributed by atoms with E-state index >= 15 is 0 Å². The molecule has 0 spiro atoms. The van der Waals surface area contributed by atoms with E-state index in [9.17, 15) is 0 Å². The van der Waals surface area contributed by atoms with E-state index in [2.05, 4.69) is 11.5 Å². The number of ether oxygens (including phenoxy) is 1. The van der Waals surface area contributed by atoms with Gasteiger partial charge in [0, 0.05) is 11.4 Å². The van der Waals surface area contributed by atoms with Gasteiger partial charge in [-0.1, -0.05) is 41.9 Å². The number of nitrogens with one attached hydrogen (secondary N) is 1. The van der Waals surface area contributed by atoms with E-state index in [-0.39, 0.29) is 12.1 Å². The lowest BCUT2D eigenvalue weighted by molar-refractivity contribution is 0.177. The highest BCUT2D eigenvalue weighted by molar-refractivity contribution is 6.30. The lowest BCUT2D eigenvalue weighted by atomic mass is 9.98. The maximum Gasteiger partial charge on any atom is 0.123 e. The lowest BCUT2D eigenvalue weighted by Crippen LogP contribution is -2.47. The van der Waals surface area contributed by atoms with Crippen molar-refractivity contribution in [1.29, 1.82) is 0 Å². The fourth-order valence-electron chi connectivity index (χ4n) is 2.61. The van der Waals surface area contributed by atoms with Crippen LogP contribution in [-0.4, -0.2) is 12.1 Å². The highest BCUT2D eigenvalue weighted by Gasteiger charge is 2.29. The molecule has 1 heterocycles. The van der Waals surface area contributed by atoms with Crippen LogP contribution in [0.2, 0.25) is 5.02 Å². The molecule has 1 aliphatic heterocycles. The third-order valence-electron chi connectivity index (χ3n) is 3.70. The van der Waals surface area contributed by atoms with Crippen LogP contribution in [0, 0.1) is 0 Å². The summed E-state index contributed by atoms with van der Waals surface area (Å²) in [4.78, 5) is 0. The highest BCUT2D eigenvalue weighted by atomic mass is 35.5. The lowest BCUT2D eigenvalue weighted by Gasteiger charge is -2.22. The van der Waals surface area contributed by atoms with Crippen LogP contribution in [0.3, 0.4) is 0 Å². The predicted molar refractivity (Wildman–Crippen MR) is 80.8 cm³/mol. The standard InChI is InChI=1S/C16H17ClN2O/c17-13-7-5-11(6-8-13)9-14(19-18)16-10-12-3-1-2-4-15(12)20-16/h1-8,14,16,19H,9-10,18H2. The van der Waals surface area contributed by atoms with Gasteiger partial charge in [-0.05, 0) is 35.7 Å². The number of benzene rings is 2. The Labute approximate surface area is 123 Å². The van der Waals surface area contributed by atoms with Gasteiger partial charge in [0.2, 0.25) is 0 Å². The van der Waals surface area contributed by atoms with Crippen molar-refractivity contribution in [2.45, 2.75) is 25.0 Å². The van der Waals surface area contributed by atoms with Gasteiger partial charge in [-0.3, -0.25) is 11.3 Å². The monoisotopic (exact) mass is 288 g/mol. The molecule has 0 bridgehead atoms. The molecule has 0 radical (unpaired) electrons. The van der Waals surface area contributed by atoms with Crippen molar-refractivity contribution in [3.8, 4) is 5.75 Å². The van der Waals surface area contributed by atoms with Crippen molar-refractivity contribution in [3.63, 3.8) is 0 Å². The Kier molecular flexibility index (Phi) is 3.92. The zero-order valence-electron chi connectivity index (χ0n) is 11.1. The molecule has 2 atom stereocenters. The minimum atomic E-state index is 0.0630. The second-order valence-corrected chi connectivity index (χ2v) is 5.51. The Morgan fingerprint density at radius 2 is 1.95 bits per heavy atom. The molecule has 20 heavy (non-hydrogen) atoms. The van der Waals surface area contributed by atoms with Gasteiger partial charge in [-0.15, -0.1) is 0 Å². The molecule has 0 amide bonds. The largest absolute Gasteiger partial charge is 0.488 e. The summed E-state index contributed by atoms with van der Waals surface area (Å²) in [6.45, 7) is 0. The third-order valence-corrected chi connectivity index (χ3v) is 3.96. The number of halogens is 1. The van der Waals surface area contributed by atoms with Crippen LogP contribution in [-0.2, 0) is 12.8 Å². The first-order valence-electron chi connectivity index (χ1n) is 6.71. The molecule has 1 aliphatic rings. The first kappa shape index (κ1) is 13.4. The molecule has 3 N–H and O–H groups in total. The number of rotatable bonds is 4. The summed E-state index contributed by atoms with van der Waals surface area (Å²) in [5.74, 6) is 6.68. The molecular formula is C16H17ClN2O. The highest BCUT2D eigenvalue weighted by Crippen LogP contribution is 2.30. The van der Waals surface area contributed by atoms with Crippen molar-refractivity contribution in [2.24, 2.45) is 5.84 Å². The fraction of sp³-hybridized carbons (Fsp3) is 0.250. The van der Waals surface area contributed by atoms with Crippen LogP contribution < -0.4 is 16.0 Å². The predicted octanol–water partition coefficient (Wildman–Crippen LogP) is 2.72. The summed E-state index contributed by atoms with van der Waals surface area (Å²) >= 11 is 5.91. The number of para-hydroxylation sites is 1. The second kappa shape index (κ2) is 5.83. The van der Waals surface area contributed by atoms with Crippen molar-refractivity contribution in [1.82, 2.24) is 5.43 Å². The smallest absolute Gasteiger partial charge is 0.123 e. The van der Waals surface area contributed by atoms with Crippen LogP contribution in [0.25, 0.3) is 0 Å². The SMILES string of the molecule is NNC(Cc1ccc(Cl)cc1)C1Cc2ccccc2O1. The summed E-state index contributed by atoms with van der Waals surface area (Å²) in [5, 5.41) is 0.746. The first-order valence-corrected chi connectivity index (χ1v) is 7.09. The summed E-state index contributed by atoms with van der Waals surface area (Å²) in [6, 6.07) is 16.0. The minimum Gasteiger partial charge on any atom is -0.488 e. The summed E-state index contributed by atoms with van der Waals surface area (Å²) in [5.41, 5.74) is 5.32. The van der Waals surface area contributed by atoms with Crippen molar-refractivity contribution < 1.29 is 4.74 Å². The van der Waals surface area contributed by atoms with Crippen LogP contribution >= 0.6 is 11.6 Å². The quantitative estimate of drug-likeness (QED) is 0.672. The molecule has 104 valence electrons. The molecule has 2 unspecified atom stereocenters. The molecule has 0 aliphatic carbocycles. The molecule has 4 heteroatoms. The van der Waals surface area contributed by atoms with E-state index in [0.29, 0.717) is 0 Å². The van der Waals surface area contributed by atoms with Crippen LogP contribution in [0.5, 0.6) is 5.75 Å². The number of hydrogen-bond donors (Lipinski definition) is 2. The third kappa shape index (κ3) is 2.80. The summed E-state index contributed by atoms with van der Waals surface area (Å²) < 4.78 is 5.99. The van der Waals surface area contributed by atoms with Crippen molar-refractivity contribution in [2.75, 3.05) is 0 Å². The Bertz CT molecular complexity index is 560. The molecule has 0 fully saturated rings. The minimum absolute atomic E-state index is 0.0630. The zero-order valence-corrected chi connectivity index (χ0v) is 11.8. The number of nitrogens with two attached hydrogens (primary N) is 1. The fourth-order valence-corrected chi connectivity index (χ4v) is 2.73. The van der Waals surface area contributed by atoms with Crippen molar-refractivity contribution >= 4 is 11.6 Å². The zero-order chi connectivity index (χ0) is 13.9. The van der Waals surface area contributed by atoms with Crippen LogP contribution in [0.1, 0.15) is 11.1 Å². The van der Waals surface area contributed by atoms with Gasteiger partial charge in [0.1, 0.15) is 11.9 Å². The van der Waals surface area contributed by atoms with Gasteiger partial charge in [-0.2, -0.15) is 0 Å². The summed E-state index contributed by atoms with van der Waals surface area (Å²) in [7, 11) is 0. The number of hydrogen-bond acceptors (Lipinski definition) is 3. The molecule has 3 nitrogen and oxygen atoms in total. The van der Waals surface area contributed by atoms with Gasteiger partial charge in [0.15, 0.2) is 0 Å². The molecule has 2 aromatic carbocycles. The normalized spacial score (nSPS) is 18.4. The average molecular weight is 289 g/mol.